The van der Waals surface area contributed by atoms with E-state index in [2.05, 4.69) is 17.1 Å². The van der Waals surface area contributed by atoms with Gasteiger partial charge in [-0.15, -0.1) is 0 Å². The first-order valence-corrected chi connectivity index (χ1v) is 4.39. The Hall–Kier alpha value is -1.32. The van der Waals surface area contributed by atoms with Gasteiger partial charge < -0.3 is 5.01 Å². The van der Waals surface area contributed by atoms with Crippen molar-refractivity contribution in [3.8, 4) is 0 Å². The van der Waals surface area contributed by atoms with E-state index in [1.807, 2.05) is 38.4 Å². The van der Waals surface area contributed by atoms with E-state index in [1.165, 1.54) is 0 Å². The molecular weight excluding hydrogens is 164 g/mol. The fourth-order valence-corrected chi connectivity index (χ4v) is 0.993. The molecule has 1 rings (SSSR count). The fraction of sp³-hybridized carbons (Fsp3) is 0.556. The predicted octanol–water partition coefficient (Wildman–Crippen LogP) is 1.10. The second kappa shape index (κ2) is 4.07. The second-order valence-electron chi connectivity index (χ2n) is 3.06. The number of aryl methyl sites for hydroxylation is 1. The third kappa shape index (κ3) is 2.57. The van der Waals surface area contributed by atoms with Crippen LogP contribution in [-0.2, 0) is 7.05 Å². The van der Waals surface area contributed by atoms with Gasteiger partial charge in [0.1, 0.15) is 0 Å². The van der Waals surface area contributed by atoms with Crippen molar-refractivity contribution in [2.75, 3.05) is 13.6 Å². The summed E-state index contributed by atoms with van der Waals surface area (Å²) in [6, 6.07) is 0. The molecule has 0 aromatic carbocycles. The normalized spacial score (nSPS) is 11.8. The highest BCUT2D eigenvalue weighted by molar-refractivity contribution is 5.98. The summed E-state index contributed by atoms with van der Waals surface area (Å²) >= 11 is 0. The first-order chi connectivity index (χ1) is 6.13. The van der Waals surface area contributed by atoms with E-state index in [1.54, 1.807) is 4.68 Å². The Labute approximate surface area is 78.9 Å². The van der Waals surface area contributed by atoms with Crippen molar-refractivity contribution < 1.29 is 0 Å². The van der Waals surface area contributed by atoms with Gasteiger partial charge in [-0.2, -0.15) is 10.2 Å². The molecule has 0 amide bonds. The number of nitrogens with zero attached hydrogens (tertiary/aromatic N) is 4. The Kier molecular flexibility index (Phi) is 3.06. The van der Waals surface area contributed by atoms with Crippen LogP contribution in [0.2, 0.25) is 0 Å². The molecule has 4 heteroatoms. The molecule has 0 bridgehead atoms. The third-order valence-corrected chi connectivity index (χ3v) is 1.90. The van der Waals surface area contributed by atoms with Crippen LogP contribution in [0.15, 0.2) is 17.5 Å². The molecule has 0 N–H and O–H groups in total. The average Bonchev–Trinajstić information content (AvgIpc) is 2.51. The molecule has 72 valence electrons. The van der Waals surface area contributed by atoms with Gasteiger partial charge >= 0.3 is 0 Å². The molecule has 0 unspecified atom stereocenters. The van der Waals surface area contributed by atoms with Crippen LogP contribution in [0.4, 0.5) is 0 Å². The van der Waals surface area contributed by atoms with E-state index in [0.717, 1.165) is 17.8 Å². The lowest BCUT2D eigenvalue weighted by Gasteiger charge is -2.09. The number of rotatable bonds is 3. The molecule has 13 heavy (non-hydrogen) atoms. The van der Waals surface area contributed by atoms with E-state index < -0.39 is 0 Å². The number of aromatic nitrogens is 2. The fourth-order valence-electron chi connectivity index (χ4n) is 0.993. The number of hydrogen-bond acceptors (Lipinski definition) is 3. The van der Waals surface area contributed by atoms with Crippen LogP contribution < -0.4 is 0 Å². The minimum absolute atomic E-state index is 0.914. The Morgan fingerprint density at radius 3 is 2.85 bits per heavy atom. The summed E-state index contributed by atoms with van der Waals surface area (Å²) in [5, 5.41) is 10.4. The maximum atomic E-state index is 4.38. The summed E-state index contributed by atoms with van der Waals surface area (Å²) in [5.41, 5.74) is 2.07. The van der Waals surface area contributed by atoms with Crippen molar-refractivity contribution >= 4 is 5.71 Å². The number of hydrogen-bond donors (Lipinski definition) is 0. The van der Waals surface area contributed by atoms with Crippen molar-refractivity contribution in [1.82, 2.24) is 14.8 Å². The molecule has 0 aliphatic heterocycles. The maximum Gasteiger partial charge on any atom is 0.0678 e. The maximum absolute atomic E-state index is 4.38. The topological polar surface area (TPSA) is 33.4 Å². The zero-order valence-electron chi connectivity index (χ0n) is 8.65. The first-order valence-electron chi connectivity index (χ1n) is 4.39. The van der Waals surface area contributed by atoms with Gasteiger partial charge in [-0.05, 0) is 13.8 Å². The van der Waals surface area contributed by atoms with Gasteiger partial charge in [0.25, 0.3) is 0 Å². The van der Waals surface area contributed by atoms with Gasteiger partial charge in [0, 0.05) is 32.4 Å². The van der Waals surface area contributed by atoms with E-state index in [9.17, 15) is 0 Å². The monoisotopic (exact) mass is 180 g/mol. The van der Waals surface area contributed by atoms with E-state index in [-0.39, 0.29) is 0 Å². The van der Waals surface area contributed by atoms with Gasteiger partial charge in [0.05, 0.1) is 11.9 Å². The average molecular weight is 180 g/mol. The van der Waals surface area contributed by atoms with Crippen LogP contribution in [0.5, 0.6) is 0 Å². The summed E-state index contributed by atoms with van der Waals surface area (Å²) < 4.78 is 1.78. The molecule has 0 spiro atoms. The molecule has 0 aliphatic rings. The Morgan fingerprint density at radius 1 is 1.69 bits per heavy atom. The highest BCUT2D eigenvalue weighted by Crippen LogP contribution is 1.99. The molecule has 0 radical (unpaired) electrons. The lowest BCUT2D eigenvalue weighted by Crippen LogP contribution is -2.12. The summed E-state index contributed by atoms with van der Waals surface area (Å²) in [5.74, 6) is 0. The van der Waals surface area contributed by atoms with E-state index in [0.29, 0.717) is 0 Å². The van der Waals surface area contributed by atoms with Gasteiger partial charge in [-0.3, -0.25) is 4.68 Å². The highest BCUT2D eigenvalue weighted by Gasteiger charge is 2.00. The van der Waals surface area contributed by atoms with Crippen LogP contribution >= 0.6 is 0 Å². The molecular formula is C9H16N4. The quantitative estimate of drug-likeness (QED) is 0.515. The van der Waals surface area contributed by atoms with Crippen molar-refractivity contribution in [3.05, 3.63) is 18.0 Å². The van der Waals surface area contributed by atoms with Crippen molar-refractivity contribution in [2.45, 2.75) is 13.8 Å². The first kappa shape index (κ1) is 9.77. The highest BCUT2D eigenvalue weighted by atomic mass is 15.4. The molecule has 1 aromatic rings. The lowest BCUT2D eigenvalue weighted by atomic mass is 10.2. The molecule has 0 fully saturated rings. The molecule has 1 heterocycles. The number of hydrazone groups is 1. The van der Waals surface area contributed by atoms with Crippen molar-refractivity contribution in [3.63, 3.8) is 0 Å². The molecule has 0 saturated carbocycles. The van der Waals surface area contributed by atoms with Crippen LogP contribution in [0.3, 0.4) is 0 Å². The van der Waals surface area contributed by atoms with Gasteiger partial charge in [-0.1, -0.05) is 0 Å². The molecule has 0 saturated heterocycles. The minimum atomic E-state index is 0.914. The van der Waals surface area contributed by atoms with Crippen LogP contribution in [0.1, 0.15) is 19.4 Å². The Morgan fingerprint density at radius 2 is 2.38 bits per heavy atom. The summed E-state index contributed by atoms with van der Waals surface area (Å²) in [6.45, 7) is 4.97. The van der Waals surface area contributed by atoms with E-state index >= 15 is 0 Å². The molecule has 0 aliphatic carbocycles. The van der Waals surface area contributed by atoms with Crippen LogP contribution in [0, 0.1) is 0 Å². The second-order valence-corrected chi connectivity index (χ2v) is 3.06. The summed E-state index contributed by atoms with van der Waals surface area (Å²) in [6.07, 6.45) is 3.78. The van der Waals surface area contributed by atoms with Crippen LogP contribution in [-0.4, -0.2) is 34.1 Å². The van der Waals surface area contributed by atoms with Gasteiger partial charge in [0.2, 0.25) is 0 Å². The van der Waals surface area contributed by atoms with Crippen molar-refractivity contribution in [1.29, 1.82) is 0 Å². The zero-order chi connectivity index (χ0) is 9.84. The van der Waals surface area contributed by atoms with Crippen molar-refractivity contribution in [2.24, 2.45) is 12.1 Å². The molecule has 4 nitrogen and oxygen atoms in total. The molecule has 0 atom stereocenters. The van der Waals surface area contributed by atoms with E-state index in [4.69, 9.17) is 0 Å². The summed E-state index contributed by atoms with van der Waals surface area (Å²) in [7, 11) is 3.86. The standard InChI is InChI=1S/C9H16N4/c1-5-12(3)11-8(2)9-6-10-13(4)7-9/h6-7H,5H2,1-4H3/b11-8+. The third-order valence-electron chi connectivity index (χ3n) is 1.90. The van der Waals surface area contributed by atoms with Gasteiger partial charge in [0.15, 0.2) is 0 Å². The lowest BCUT2D eigenvalue weighted by molar-refractivity contribution is 0.375. The SMILES string of the molecule is CCN(C)/N=C(\C)c1cnn(C)c1. The molecule has 1 aromatic heterocycles. The zero-order valence-corrected chi connectivity index (χ0v) is 8.65. The summed E-state index contributed by atoms with van der Waals surface area (Å²) in [4.78, 5) is 0. The smallest absolute Gasteiger partial charge is 0.0678 e. The predicted molar refractivity (Wildman–Crippen MR) is 53.7 cm³/mol. The Bertz CT molecular complexity index is 300. The largest absolute Gasteiger partial charge is 0.300 e. The van der Waals surface area contributed by atoms with Crippen LogP contribution in [0.25, 0.3) is 0 Å². The minimum Gasteiger partial charge on any atom is -0.300 e. The van der Waals surface area contributed by atoms with Gasteiger partial charge in [-0.25, -0.2) is 0 Å². The Balaban J connectivity index is 2.78.